The molecule has 0 aromatic rings. The van der Waals surface area contributed by atoms with Gasteiger partial charge >= 0.3 is 11.9 Å². The molecule has 0 aromatic carbocycles. The highest BCUT2D eigenvalue weighted by Crippen LogP contribution is 2.23. The number of hydrogen-bond donors (Lipinski definition) is 2. The first kappa shape index (κ1) is 60.8. The molecule has 0 saturated heterocycles. The molecule has 0 bridgehead atoms. The van der Waals surface area contributed by atoms with E-state index in [2.05, 4.69) is 37.5 Å². The Labute approximate surface area is 386 Å². The van der Waals surface area contributed by atoms with E-state index in [1.165, 1.54) is 128 Å². The Morgan fingerprint density at radius 1 is 0.339 bits per heavy atom. The molecule has 8 nitrogen and oxygen atoms in total. The molecular formula is C54H108N2O6. The normalized spacial score (nSPS) is 11.8. The molecule has 0 aromatic heterocycles. The van der Waals surface area contributed by atoms with Gasteiger partial charge in [0.2, 0.25) is 0 Å². The molecule has 0 spiro atoms. The van der Waals surface area contributed by atoms with E-state index in [4.69, 9.17) is 9.47 Å². The molecule has 0 aliphatic heterocycles. The second-order valence-electron chi connectivity index (χ2n) is 18.9. The summed E-state index contributed by atoms with van der Waals surface area (Å²) in [6.45, 7) is 15.4. The van der Waals surface area contributed by atoms with Crippen LogP contribution in [-0.2, 0) is 19.1 Å². The molecule has 8 heteroatoms. The van der Waals surface area contributed by atoms with E-state index in [9.17, 15) is 19.8 Å². The number of unbranched alkanes of at least 4 members (excludes halogenated alkanes) is 26. The van der Waals surface area contributed by atoms with E-state index in [0.717, 1.165) is 129 Å². The number of ether oxygens (including phenoxy) is 2. The van der Waals surface area contributed by atoms with E-state index in [1.807, 2.05) is 0 Å². The van der Waals surface area contributed by atoms with Crippen molar-refractivity contribution in [3.63, 3.8) is 0 Å². The zero-order valence-corrected chi connectivity index (χ0v) is 42.1. The van der Waals surface area contributed by atoms with Gasteiger partial charge in [-0.2, -0.15) is 0 Å². The Balaban J connectivity index is 4.45. The molecule has 0 fully saturated rings. The van der Waals surface area contributed by atoms with Crippen LogP contribution in [0.1, 0.15) is 259 Å². The van der Waals surface area contributed by atoms with Crippen LogP contribution in [0.2, 0.25) is 0 Å². The van der Waals surface area contributed by atoms with Gasteiger partial charge in [-0.25, -0.2) is 0 Å². The van der Waals surface area contributed by atoms with Crippen molar-refractivity contribution in [2.45, 2.75) is 259 Å². The molecule has 0 heterocycles. The maximum Gasteiger partial charge on any atom is 0.308 e. The van der Waals surface area contributed by atoms with Crippen LogP contribution in [-0.4, -0.2) is 97.6 Å². The Hall–Kier alpha value is -1.22. The summed E-state index contributed by atoms with van der Waals surface area (Å²) in [6.07, 6.45) is 42.3. The molecule has 0 aliphatic carbocycles. The molecule has 62 heavy (non-hydrogen) atoms. The van der Waals surface area contributed by atoms with Gasteiger partial charge < -0.3 is 19.7 Å². The molecule has 0 saturated carbocycles. The van der Waals surface area contributed by atoms with Crippen molar-refractivity contribution < 1.29 is 29.3 Å². The van der Waals surface area contributed by atoms with Crippen molar-refractivity contribution in [3.05, 3.63) is 0 Å². The zero-order chi connectivity index (χ0) is 45.4. The van der Waals surface area contributed by atoms with Crippen molar-refractivity contribution in [1.29, 1.82) is 0 Å². The van der Waals surface area contributed by atoms with Crippen LogP contribution in [0.4, 0.5) is 0 Å². The van der Waals surface area contributed by atoms with Gasteiger partial charge in [-0.1, -0.05) is 207 Å². The fraction of sp³-hybridized carbons (Fsp3) is 0.963. The first-order valence-electron chi connectivity index (χ1n) is 27.5. The average Bonchev–Trinajstić information content (AvgIpc) is 3.27. The number of hydrogen-bond acceptors (Lipinski definition) is 8. The molecule has 2 N–H and O–H groups in total. The van der Waals surface area contributed by atoms with E-state index < -0.39 is 0 Å². The summed E-state index contributed by atoms with van der Waals surface area (Å²) < 4.78 is 11.7. The number of aliphatic hydroxyl groups is 2. The van der Waals surface area contributed by atoms with Crippen LogP contribution in [0.5, 0.6) is 0 Å². The minimum atomic E-state index is 0.0376. The quantitative estimate of drug-likeness (QED) is 0.0460. The maximum atomic E-state index is 13.1. The molecule has 370 valence electrons. The van der Waals surface area contributed by atoms with Crippen molar-refractivity contribution in [1.82, 2.24) is 9.80 Å². The summed E-state index contributed by atoms with van der Waals surface area (Å²) in [6, 6.07) is 0. The second kappa shape index (κ2) is 49.2. The van der Waals surface area contributed by atoms with Gasteiger partial charge in [-0.3, -0.25) is 19.4 Å². The summed E-state index contributed by atoms with van der Waals surface area (Å²) in [5.74, 6) is 0.211. The fourth-order valence-electron chi connectivity index (χ4n) is 8.84. The second-order valence-corrected chi connectivity index (χ2v) is 18.9. The molecule has 0 rings (SSSR count). The third-order valence-electron chi connectivity index (χ3n) is 13.1. The van der Waals surface area contributed by atoms with Gasteiger partial charge in [0.15, 0.2) is 0 Å². The summed E-state index contributed by atoms with van der Waals surface area (Å²) >= 11 is 0. The Morgan fingerprint density at radius 3 is 0.887 bits per heavy atom. The Kier molecular flexibility index (Phi) is 48.3. The maximum absolute atomic E-state index is 13.1. The minimum absolute atomic E-state index is 0.0376. The van der Waals surface area contributed by atoms with Crippen molar-refractivity contribution >= 4 is 11.9 Å². The first-order valence-corrected chi connectivity index (χ1v) is 27.5. The third-order valence-corrected chi connectivity index (χ3v) is 13.1. The van der Waals surface area contributed by atoms with Crippen LogP contribution < -0.4 is 0 Å². The summed E-state index contributed by atoms with van der Waals surface area (Å²) in [5.41, 5.74) is 0. The van der Waals surface area contributed by atoms with Crippen LogP contribution in [0.25, 0.3) is 0 Å². The van der Waals surface area contributed by atoms with Crippen LogP contribution in [0.3, 0.4) is 0 Å². The number of carbonyl (C=O) groups is 2. The molecular weight excluding hydrogens is 773 g/mol. The predicted molar refractivity (Wildman–Crippen MR) is 265 cm³/mol. The number of aliphatic hydroxyl groups excluding tert-OH is 2. The molecule has 0 aliphatic rings. The fourth-order valence-corrected chi connectivity index (χ4v) is 8.84. The largest absolute Gasteiger partial charge is 0.465 e. The van der Waals surface area contributed by atoms with Gasteiger partial charge in [-0.05, 0) is 64.5 Å². The topological polar surface area (TPSA) is 99.5 Å². The summed E-state index contributed by atoms with van der Waals surface area (Å²) in [4.78, 5) is 30.9. The Bertz CT molecular complexity index is 817. The summed E-state index contributed by atoms with van der Waals surface area (Å²) in [5, 5.41) is 19.5. The van der Waals surface area contributed by atoms with Crippen molar-refractivity contribution in [2.75, 3.05) is 65.7 Å². The van der Waals surface area contributed by atoms with Gasteiger partial charge in [0, 0.05) is 26.2 Å². The number of esters is 2. The van der Waals surface area contributed by atoms with E-state index in [-0.39, 0.29) is 37.0 Å². The zero-order valence-electron chi connectivity index (χ0n) is 42.1. The number of carbonyl (C=O) groups excluding carboxylic acids is 2. The van der Waals surface area contributed by atoms with E-state index in [1.54, 1.807) is 0 Å². The first-order chi connectivity index (χ1) is 30.5. The lowest BCUT2D eigenvalue weighted by molar-refractivity contribution is -0.150. The molecule has 0 unspecified atom stereocenters. The van der Waals surface area contributed by atoms with E-state index >= 15 is 0 Å². The highest BCUT2D eigenvalue weighted by molar-refractivity contribution is 5.72. The molecule has 0 radical (unpaired) electrons. The lowest BCUT2D eigenvalue weighted by atomic mass is 9.94. The highest BCUT2D eigenvalue weighted by atomic mass is 16.5. The smallest absolute Gasteiger partial charge is 0.308 e. The van der Waals surface area contributed by atoms with Gasteiger partial charge in [0.25, 0.3) is 0 Å². The van der Waals surface area contributed by atoms with Crippen molar-refractivity contribution in [2.24, 2.45) is 11.8 Å². The number of nitrogens with zero attached hydrogens (tertiary/aromatic N) is 2. The lowest BCUT2D eigenvalue weighted by Crippen LogP contribution is -2.38. The molecule has 0 amide bonds. The monoisotopic (exact) mass is 881 g/mol. The SMILES string of the molecule is CCCCCCCCC(CCCCCCCC)C(=O)OCCCCCCN(CCO)CCN(CCO)CCCCCCOC(=O)C(CCCCCCCC)CCCCCCCC. The van der Waals surface area contributed by atoms with Gasteiger partial charge in [0.05, 0.1) is 38.3 Å². The van der Waals surface area contributed by atoms with E-state index in [0.29, 0.717) is 26.3 Å². The Morgan fingerprint density at radius 2 is 0.597 bits per heavy atom. The lowest BCUT2D eigenvalue weighted by Gasteiger charge is -2.27. The van der Waals surface area contributed by atoms with Crippen LogP contribution in [0, 0.1) is 11.8 Å². The average molecular weight is 881 g/mol. The van der Waals surface area contributed by atoms with Gasteiger partial charge in [0.1, 0.15) is 0 Å². The van der Waals surface area contributed by atoms with Gasteiger partial charge in [-0.15, -0.1) is 0 Å². The highest BCUT2D eigenvalue weighted by Gasteiger charge is 2.21. The third kappa shape index (κ3) is 40.3. The van der Waals surface area contributed by atoms with Crippen molar-refractivity contribution in [3.8, 4) is 0 Å². The summed E-state index contributed by atoms with van der Waals surface area (Å²) in [7, 11) is 0. The number of rotatable bonds is 51. The molecule has 0 atom stereocenters. The minimum Gasteiger partial charge on any atom is -0.465 e. The van der Waals surface area contributed by atoms with Crippen LogP contribution >= 0.6 is 0 Å². The van der Waals surface area contributed by atoms with Crippen LogP contribution in [0.15, 0.2) is 0 Å². The predicted octanol–water partition coefficient (Wildman–Crippen LogP) is 14.0. The standard InChI is InChI=1S/C54H108N2O6/c1-5-9-13-17-21-29-37-51(38-30-22-18-14-10-6-2)53(59)61-49-35-27-25-33-41-55(45-47-57)43-44-56(46-48-58)42-34-26-28-36-50-62-54(60)52(39-31-23-19-15-11-7-3)40-32-24-20-16-12-8-4/h51-52,57-58H,5-50H2,1-4H3.